The first-order chi connectivity index (χ1) is 9.88. The molecule has 0 aliphatic heterocycles. The van der Waals surface area contributed by atoms with Crippen LogP contribution in [0.4, 0.5) is 0 Å². The summed E-state index contributed by atoms with van der Waals surface area (Å²) in [6.07, 6.45) is -0.721. The highest BCUT2D eigenvalue weighted by Gasteiger charge is 2.19. The third-order valence-corrected chi connectivity index (χ3v) is 4.05. The average molecular weight is 364 g/mol. The van der Waals surface area contributed by atoms with Crippen molar-refractivity contribution in [3.8, 4) is 5.75 Å². The summed E-state index contributed by atoms with van der Waals surface area (Å²) in [6, 6.07) is 9.53. The quantitative estimate of drug-likeness (QED) is 0.495. The number of hydrogen-bond acceptors (Lipinski definition) is 2. The maximum atomic E-state index is 12.3. The summed E-state index contributed by atoms with van der Waals surface area (Å²) >= 11 is 23.6. The van der Waals surface area contributed by atoms with Crippen molar-refractivity contribution in [1.82, 2.24) is 0 Å². The van der Waals surface area contributed by atoms with E-state index in [-0.39, 0.29) is 5.78 Å². The Morgan fingerprint density at radius 2 is 1.52 bits per heavy atom. The Kier molecular flexibility index (Phi) is 5.39. The van der Waals surface area contributed by atoms with Crippen LogP contribution in [0.3, 0.4) is 0 Å². The molecule has 0 aromatic heterocycles. The second-order valence-corrected chi connectivity index (χ2v) is 5.99. The zero-order valence-electron chi connectivity index (χ0n) is 10.9. The molecule has 0 saturated carbocycles. The number of Topliss-reactive ketones (excluding diaryl/α,β-unsaturated/α-hetero) is 1. The fourth-order valence-corrected chi connectivity index (χ4v) is 2.39. The minimum absolute atomic E-state index is 0.186. The van der Waals surface area contributed by atoms with Crippen molar-refractivity contribution in [3.05, 3.63) is 62.1 Å². The van der Waals surface area contributed by atoms with Crippen LogP contribution in [-0.4, -0.2) is 11.9 Å². The number of ether oxygens (including phenoxy) is 1. The van der Waals surface area contributed by atoms with Crippen LogP contribution in [0.1, 0.15) is 17.3 Å². The maximum Gasteiger partial charge on any atom is 0.202 e. The molecular formula is C15H10Cl4O2. The van der Waals surface area contributed by atoms with Crippen molar-refractivity contribution in [3.63, 3.8) is 0 Å². The highest BCUT2D eigenvalue weighted by molar-refractivity contribution is 6.43. The molecule has 21 heavy (non-hydrogen) atoms. The molecule has 0 radical (unpaired) electrons. The molecule has 0 aliphatic rings. The minimum Gasteiger partial charge on any atom is -0.481 e. The fourth-order valence-electron chi connectivity index (χ4n) is 1.69. The van der Waals surface area contributed by atoms with E-state index in [4.69, 9.17) is 51.1 Å². The third kappa shape index (κ3) is 4.04. The van der Waals surface area contributed by atoms with Gasteiger partial charge in [-0.2, -0.15) is 0 Å². The predicted molar refractivity (Wildman–Crippen MR) is 87.3 cm³/mol. The molecule has 110 valence electrons. The number of halogens is 4. The monoisotopic (exact) mass is 362 g/mol. The Morgan fingerprint density at radius 3 is 2.14 bits per heavy atom. The first-order valence-electron chi connectivity index (χ1n) is 5.99. The van der Waals surface area contributed by atoms with Crippen molar-refractivity contribution < 1.29 is 9.53 Å². The zero-order valence-corrected chi connectivity index (χ0v) is 13.9. The lowest BCUT2D eigenvalue weighted by Crippen LogP contribution is -2.24. The van der Waals surface area contributed by atoms with Crippen LogP contribution < -0.4 is 4.74 Å². The predicted octanol–water partition coefficient (Wildman–Crippen LogP) is 5.95. The van der Waals surface area contributed by atoms with E-state index in [1.807, 2.05) is 0 Å². The lowest BCUT2D eigenvalue weighted by atomic mass is 10.1. The van der Waals surface area contributed by atoms with Gasteiger partial charge in [-0.1, -0.05) is 46.4 Å². The molecule has 2 aromatic rings. The summed E-state index contributed by atoms with van der Waals surface area (Å²) in [5, 5.41) is 1.49. The van der Waals surface area contributed by atoms with Crippen LogP contribution in [0.5, 0.6) is 5.75 Å². The topological polar surface area (TPSA) is 26.3 Å². The van der Waals surface area contributed by atoms with Crippen molar-refractivity contribution in [1.29, 1.82) is 0 Å². The van der Waals surface area contributed by atoms with Crippen LogP contribution in [-0.2, 0) is 0 Å². The molecule has 0 amide bonds. The fraction of sp³-hybridized carbons (Fsp3) is 0.133. The summed E-state index contributed by atoms with van der Waals surface area (Å²) in [5.74, 6) is 0.120. The summed E-state index contributed by atoms with van der Waals surface area (Å²) in [6.45, 7) is 1.63. The first-order valence-corrected chi connectivity index (χ1v) is 7.50. The molecule has 0 aliphatic carbocycles. The normalized spacial score (nSPS) is 12.0. The molecule has 2 rings (SSSR count). The Hall–Kier alpha value is -0.930. The van der Waals surface area contributed by atoms with Gasteiger partial charge in [-0.05, 0) is 37.3 Å². The smallest absolute Gasteiger partial charge is 0.202 e. The van der Waals surface area contributed by atoms with E-state index in [1.165, 1.54) is 12.1 Å². The number of hydrogen-bond donors (Lipinski definition) is 0. The van der Waals surface area contributed by atoms with E-state index in [2.05, 4.69) is 0 Å². The molecule has 2 aromatic carbocycles. The molecule has 0 N–H and O–H groups in total. The van der Waals surface area contributed by atoms with E-state index >= 15 is 0 Å². The van der Waals surface area contributed by atoms with Gasteiger partial charge in [0.25, 0.3) is 0 Å². The summed E-state index contributed by atoms with van der Waals surface area (Å²) < 4.78 is 5.57. The molecule has 0 saturated heterocycles. The van der Waals surface area contributed by atoms with E-state index in [0.717, 1.165) is 0 Å². The Labute approximate surface area is 142 Å². The molecule has 6 heteroatoms. The van der Waals surface area contributed by atoms with Crippen LogP contribution in [0.25, 0.3) is 0 Å². The van der Waals surface area contributed by atoms with Gasteiger partial charge in [0.05, 0.1) is 15.1 Å². The number of carbonyl (C=O) groups excluding carboxylic acids is 1. The lowest BCUT2D eigenvalue weighted by molar-refractivity contribution is 0.0818. The van der Waals surface area contributed by atoms with Gasteiger partial charge in [-0.15, -0.1) is 0 Å². The zero-order chi connectivity index (χ0) is 15.6. The highest BCUT2D eigenvalue weighted by atomic mass is 35.5. The van der Waals surface area contributed by atoms with Crippen molar-refractivity contribution in [2.45, 2.75) is 13.0 Å². The minimum atomic E-state index is -0.721. The van der Waals surface area contributed by atoms with Gasteiger partial charge in [-0.25, -0.2) is 0 Å². The van der Waals surface area contributed by atoms with Crippen molar-refractivity contribution in [2.75, 3.05) is 0 Å². The molecule has 0 heterocycles. The molecule has 1 unspecified atom stereocenters. The van der Waals surface area contributed by atoms with Gasteiger partial charge in [0.2, 0.25) is 5.78 Å². The Bertz CT molecular complexity index is 668. The van der Waals surface area contributed by atoms with Gasteiger partial charge < -0.3 is 4.74 Å². The average Bonchev–Trinajstić information content (AvgIpc) is 2.44. The van der Waals surface area contributed by atoms with Crippen LogP contribution in [0.15, 0.2) is 36.4 Å². The van der Waals surface area contributed by atoms with Crippen LogP contribution >= 0.6 is 46.4 Å². The largest absolute Gasteiger partial charge is 0.481 e. The second-order valence-electron chi connectivity index (χ2n) is 4.33. The Morgan fingerprint density at radius 1 is 0.952 bits per heavy atom. The van der Waals surface area contributed by atoms with Gasteiger partial charge >= 0.3 is 0 Å². The van der Waals surface area contributed by atoms with Gasteiger partial charge in [-0.3, -0.25) is 4.79 Å². The second kappa shape index (κ2) is 6.89. The van der Waals surface area contributed by atoms with Gasteiger partial charge in [0.15, 0.2) is 6.10 Å². The third-order valence-electron chi connectivity index (χ3n) is 2.78. The van der Waals surface area contributed by atoms with E-state index < -0.39 is 6.10 Å². The highest BCUT2D eigenvalue weighted by Crippen LogP contribution is 2.34. The molecule has 0 bridgehead atoms. The lowest BCUT2D eigenvalue weighted by Gasteiger charge is -2.15. The number of carbonyl (C=O) groups is 1. The van der Waals surface area contributed by atoms with Gasteiger partial charge in [0, 0.05) is 16.7 Å². The first kappa shape index (κ1) is 16.4. The van der Waals surface area contributed by atoms with E-state index in [1.54, 1.807) is 31.2 Å². The molecule has 1 atom stereocenters. The van der Waals surface area contributed by atoms with E-state index in [9.17, 15) is 4.79 Å². The van der Waals surface area contributed by atoms with Crippen molar-refractivity contribution in [2.24, 2.45) is 0 Å². The van der Waals surface area contributed by atoms with E-state index in [0.29, 0.717) is 31.4 Å². The summed E-state index contributed by atoms with van der Waals surface area (Å²) in [4.78, 5) is 12.3. The molecule has 0 fully saturated rings. The van der Waals surface area contributed by atoms with Gasteiger partial charge in [0.1, 0.15) is 5.75 Å². The molecule has 0 spiro atoms. The standard InChI is InChI=1S/C15H10Cl4O2/c1-8(15(20)9-2-4-10(16)5-3-9)21-14-7-12(18)11(17)6-13(14)19/h2-8H,1H3. The van der Waals surface area contributed by atoms with Crippen molar-refractivity contribution >= 4 is 52.2 Å². The number of rotatable bonds is 4. The molecular weight excluding hydrogens is 354 g/mol. The summed E-state index contributed by atoms with van der Waals surface area (Å²) in [7, 11) is 0. The SMILES string of the molecule is CC(Oc1cc(Cl)c(Cl)cc1Cl)C(=O)c1ccc(Cl)cc1. The van der Waals surface area contributed by atoms with Crippen LogP contribution in [0, 0.1) is 0 Å². The van der Waals surface area contributed by atoms with Crippen LogP contribution in [0.2, 0.25) is 20.1 Å². The maximum absolute atomic E-state index is 12.3. The Balaban J connectivity index is 2.18. The summed E-state index contributed by atoms with van der Waals surface area (Å²) in [5.41, 5.74) is 0.503. The molecule has 2 nitrogen and oxygen atoms in total. The number of benzene rings is 2. The number of ketones is 1.